The van der Waals surface area contributed by atoms with E-state index < -0.39 is 11.9 Å². The Morgan fingerprint density at radius 2 is 2.04 bits per heavy atom. The summed E-state index contributed by atoms with van der Waals surface area (Å²) in [5.74, 6) is 0.472. The number of carbonyl (C=O) groups is 1. The fraction of sp³-hybridized carbons (Fsp3) is 0.278. The number of carboxylic acid groups (broad SMARTS) is 1. The number of aliphatic carboxylic acids is 1. The van der Waals surface area contributed by atoms with Gasteiger partial charge < -0.3 is 19.3 Å². The van der Waals surface area contributed by atoms with Crippen molar-refractivity contribution in [2.75, 3.05) is 13.4 Å². The van der Waals surface area contributed by atoms with E-state index in [0.717, 1.165) is 11.3 Å². The van der Waals surface area contributed by atoms with Crippen LogP contribution in [0.5, 0.6) is 17.2 Å². The van der Waals surface area contributed by atoms with E-state index >= 15 is 0 Å². The van der Waals surface area contributed by atoms with Crippen LogP contribution in [-0.4, -0.2) is 24.5 Å². The molecular formula is C18H18O5. The highest BCUT2D eigenvalue weighted by Crippen LogP contribution is 2.35. The van der Waals surface area contributed by atoms with Crippen molar-refractivity contribution in [3.63, 3.8) is 0 Å². The summed E-state index contributed by atoms with van der Waals surface area (Å²) < 4.78 is 16.1. The van der Waals surface area contributed by atoms with Crippen LogP contribution in [0.2, 0.25) is 0 Å². The van der Waals surface area contributed by atoms with Crippen LogP contribution in [0.25, 0.3) is 0 Å². The number of carboxylic acids is 1. The van der Waals surface area contributed by atoms with E-state index in [1.54, 1.807) is 18.2 Å². The number of hydrogen-bond donors (Lipinski definition) is 1. The number of rotatable bonds is 6. The van der Waals surface area contributed by atoms with E-state index in [-0.39, 0.29) is 6.79 Å². The van der Waals surface area contributed by atoms with Gasteiger partial charge in [-0.2, -0.15) is 0 Å². The lowest BCUT2D eigenvalue weighted by atomic mass is 9.91. The maximum atomic E-state index is 11.7. The molecule has 0 aliphatic carbocycles. The van der Waals surface area contributed by atoms with Gasteiger partial charge in [0.1, 0.15) is 5.75 Å². The fourth-order valence-electron chi connectivity index (χ4n) is 2.64. The second kappa shape index (κ2) is 6.60. The van der Waals surface area contributed by atoms with Crippen LogP contribution in [0.3, 0.4) is 0 Å². The second-order valence-corrected chi connectivity index (χ2v) is 5.29. The molecule has 0 amide bonds. The van der Waals surface area contributed by atoms with Gasteiger partial charge in [0.25, 0.3) is 0 Å². The number of fused-ring (bicyclic) bond motifs is 1. The van der Waals surface area contributed by atoms with Crippen molar-refractivity contribution < 1.29 is 24.1 Å². The van der Waals surface area contributed by atoms with Crippen molar-refractivity contribution >= 4 is 5.97 Å². The van der Waals surface area contributed by atoms with Gasteiger partial charge in [-0.1, -0.05) is 18.2 Å². The summed E-state index contributed by atoms with van der Waals surface area (Å²) in [4.78, 5) is 11.7. The van der Waals surface area contributed by atoms with Gasteiger partial charge in [0.05, 0.1) is 12.5 Å². The van der Waals surface area contributed by atoms with E-state index in [0.29, 0.717) is 30.1 Å². The molecule has 0 fully saturated rings. The molecule has 1 heterocycles. The molecule has 0 bridgehead atoms. The van der Waals surface area contributed by atoms with Crippen molar-refractivity contribution in [1.82, 2.24) is 0 Å². The topological polar surface area (TPSA) is 65.0 Å². The molecule has 0 spiro atoms. The maximum Gasteiger partial charge on any atom is 0.311 e. The van der Waals surface area contributed by atoms with Gasteiger partial charge in [0, 0.05) is 0 Å². The molecule has 1 atom stereocenters. The smallest absolute Gasteiger partial charge is 0.311 e. The SMILES string of the molecule is CCOc1cccc(CC(C(=O)O)c2ccc3c(c2)OCO3)c1. The minimum Gasteiger partial charge on any atom is -0.494 e. The zero-order valence-corrected chi connectivity index (χ0v) is 12.8. The summed E-state index contributed by atoms with van der Waals surface area (Å²) in [6.45, 7) is 2.67. The average molecular weight is 314 g/mol. The quantitative estimate of drug-likeness (QED) is 0.887. The second-order valence-electron chi connectivity index (χ2n) is 5.29. The highest BCUT2D eigenvalue weighted by Gasteiger charge is 2.23. The Morgan fingerprint density at radius 1 is 1.22 bits per heavy atom. The molecule has 5 heteroatoms. The predicted molar refractivity (Wildman–Crippen MR) is 84.3 cm³/mol. The monoisotopic (exact) mass is 314 g/mol. The Balaban J connectivity index is 1.85. The highest BCUT2D eigenvalue weighted by molar-refractivity contribution is 5.77. The third kappa shape index (κ3) is 3.39. The lowest BCUT2D eigenvalue weighted by Gasteiger charge is -2.14. The molecule has 0 radical (unpaired) electrons. The molecule has 0 saturated heterocycles. The molecule has 0 saturated carbocycles. The molecule has 5 nitrogen and oxygen atoms in total. The molecule has 0 aromatic heterocycles. The van der Waals surface area contributed by atoms with Crippen molar-refractivity contribution in [3.8, 4) is 17.2 Å². The summed E-state index contributed by atoms with van der Waals surface area (Å²) in [7, 11) is 0. The summed E-state index contributed by atoms with van der Waals surface area (Å²) in [6, 6.07) is 12.8. The third-order valence-electron chi connectivity index (χ3n) is 3.75. The van der Waals surface area contributed by atoms with Gasteiger partial charge in [-0.25, -0.2) is 0 Å². The van der Waals surface area contributed by atoms with Crippen LogP contribution in [-0.2, 0) is 11.2 Å². The molecule has 1 N–H and O–H groups in total. The predicted octanol–water partition coefficient (Wildman–Crippen LogP) is 3.22. The van der Waals surface area contributed by atoms with E-state index in [2.05, 4.69) is 0 Å². The van der Waals surface area contributed by atoms with Crippen molar-refractivity contribution in [3.05, 3.63) is 53.6 Å². The lowest BCUT2D eigenvalue weighted by Crippen LogP contribution is -2.14. The first-order chi connectivity index (χ1) is 11.2. The normalized spacial score (nSPS) is 13.6. The zero-order valence-electron chi connectivity index (χ0n) is 12.8. The van der Waals surface area contributed by atoms with Crippen LogP contribution in [0.4, 0.5) is 0 Å². The highest BCUT2D eigenvalue weighted by atomic mass is 16.7. The number of benzene rings is 2. The van der Waals surface area contributed by atoms with Crippen molar-refractivity contribution in [2.24, 2.45) is 0 Å². The number of ether oxygens (including phenoxy) is 3. The summed E-state index contributed by atoms with van der Waals surface area (Å²) in [5, 5.41) is 9.61. The van der Waals surface area contributed by atoms with Crippen LogP contribution >= 0.6 is 0 Å². The van der Waals surface area contributed by atoms with Gasteiger partial charge in [-0.3, -0.25) is 4.79 Å². The zero-order chi connectivity index (χ0) is 16.2. The van der Waals surface area contributed by atoms with Crippen LogP contribution in [0.1, 0.15) is 24.0 Å². The lowest BCUT2D eigenvalue weighted by molar-refractivity contribution is -0.138. The average Bonchev–Trinajstić information content (AvgIpc) is 3.00. The Morgan fingerprint density at radius 3 is 2.83 bits per heavy atom. The van der Waals surface area contributed by atoms with E-state index in [9.17, 15) is 9.90 Å². The largest absolute Gasteiger partial charge is 0.494 e. The Hall–Kier alpha value is -2.69. The molecular weight excluding hydrogens is 296 g/mol. The molecule has 120 valence electrons. The third-order valence-corrected chi connectivity index (χ3v) is 3.75. The fourth-order valence-corrected chi connectivity index (χ4v) is 2.64. The van der Waals surface area contributed by atoms with Crippen LogP contribution in [0, 0.1) is 0 Å². The van der Waals surface area contributed by atoms with E-state index in [4.69, 9.17) is 14.2 Å². The molecule has 2 aromatic carbocycles. The van der Waals surface area contributed by atoms with Gasteiger partial charge >= 0.3 is 5.97 Å². The van der Waals surface area contributed by atoms with Crippen LogP contribution in [0.15, 0.2) is 42.5 Å². The molecule has 23 heavy (non-hydrogen) atoms. The van der Waals surface area contributed by atoms with Crippen molar-refractivity contribution in [1.29, 1.82) is 0 Å². The van der Waals surface area contributed by atoms with Crippen LogP contribution < -0.4 is 14.2 Å². The molecule has 2 aromatic rings. The van der Waals surface area contributed by atoms with E-state index in [1.807, 2.05) is 31.2 Å². The molecule has 1 aliphatic heterocycles. The number of hydrogen-bond acceptors (Lipinski definition) is 4. The summed E-state index contributed by atoms with van der Waals surface area (Å²) in [6.07, 6.45) is 0.385. The van der Waals surface area contributed by atoms with Gasteiger partial charge in [0.2, 0.25) is 6.79 Å². The van der Waals surface area contributed by atoms with Gasteiger partial charge in [-0.05, 0) is 48.7 Å². The molecule has 1 unspecified atom stereocenters. The van der Waals surface area contributed by atoms with Gasteiger partial charge in [0.15, 0.2) is 11.5 Å². The first-order valence-electron chi connectivity index (χ1n) is 7.51. The standard InChI is InChI=1S/C18H18O5/c1-2-21-14-5-3-4-12(8-14)9-15(18(19)20)13-6-7-16-17(10-13)23-11-22-16/h3-8,10,15H,2,9,11H2,1H3,(H,19,20). The van der Waals surface area contributed by atoms with E-state index in [1.165, 1.54) is 0 Å². The Kier molecular flexibility index (Phi) is 4.37. The van der Waals surface area contributed by atoms with Gasteiger partial charge in [-0.15, -0.1) is 0 Å². The maximum absolute atomic E-state index is 11.7. The molecule has 3 rings (SSSR count). The molecule has 1 aliphatic rings. The minimum atomic E-state index is -0.870. The first kappa shape index (κ1) is 15.2. The summed E-state index contributed by atoms with van der Waals surface area (Å²) in [5.41, 5.74) is 1.62. The Labute approximate surface area is 134 Å². The minimum absolute atomic E-state index is 0.174. The van der Waals surface area contributed by atoms with Crippen molar-refractivity contribution in [2.45, 2.75) is 19.3 Å². The first-order valence-corrected chi connectivity index (χ1v) is 7.51. The Bertz CT molecular complexity index is 710. The summed E-state index contributed by atoms with van der Waals surface area (Å²) >= 11 is 0.